The van der Waals surface area contributed by atoms with Crippen molar-refractivity contribution >= 4 is 22.4 Å². The lowest BCUT2D eigenvalue weighted by Gasteiger charge is -2.20. The van der Waals surface area contributed by atoms with E-state index in [1.54, 1.807) is 0 Å². The van der Waals surface area contributed by atoms with Crippen LogP contribution >= 0.6 is 11.3 Å². The van der Waals surface area contributed by atoms with Gasteiger partial charge in [0.2, 0.25) is 0 Å². The standard InChI is InChI=1S/C10H17N3O2S/c1-7(2)13(3)5-4-11-10-12-8(6-16-10)9(14)15/h6-7H,4-5H2,1-3H3,(H,11,12)(H,14,15). The highest BCUT2D eigenvalue weighted by molar-refractivity contribution is 7.13. The van der Waals surface area contributed by atoms with Gasteiger partial charge in [-0.1, -0.05) is 0 Å². The summed E-state index contributed by atoms with van der Waals surface area (Å²) in [7, 11) is 2.05. The summed E-state index contributed by atoms with van der Waals surface area (Å²) in [5, 5.41) is 14.0. The van der Waals surface area contributed by atoms with Crippen molar-refractivity contribution in [2.45, 2.75) is 19.9 Å². The summed E-state index contributed by atoms with van der Waals surface area (Å²) in [4.78, 5) is 16.7. The monoisotopic (exact) mass is 243 g/mol. The number of carbonyl (C=O) groups is 1. The molecular formula is C10H17N3O2S. The van der Waals surface area contributed by atoms with Crippen LogP contribution in [0.25, 0.3) is 0 Å². The van der Waals surface area contributed by atoms with Crippen molar-refractivity contribution in [2.24, 2.45) is 0 Å². The fourth-order valence-electron chi connectivity index (χ4n) is 1.05. The minimum absolute atomic E-state index is 0.102. The van der Waals surface area contributed by atoms with Crippen molar-refractivity contribution < 1.29 is 9.90 Å². The van der Waals surface area contributed by atoms with Gasteiger partial charge in [-0.05, 0) is 20.9 Å². The predicted octanol–water partition coefficient (Wildman–Crippen LogP) is 1.59. The van der Waals surface area contributed by atoms with E-state index in [-0.39, 0.29) is 5.69 Å². The van der Waals surface area contributed by atoms with Gasteiger partial charge in [0, 0.05) is 24.5 Å². The fourth-order valence-corrected chi connectivity index (χ4v) is 1.76. The maximum atomic E-state index is 10.6. The third-order valence-electron chi connectivity index (χ3n) is 2.35. The van der Waals surface area contributed by atoms with E-state index in [0.717, 1.165) is 13.1 Å². The van der Waals surface area contributed by atoms with Crippen LogP contribution in [0.15, 0.2) is 5.38 Å². The SMILES string of the molecule is CC(C)N(C)CCNc1nc(C(=O)O)cs1. The van der Waals surface area contributed by atoms with E-state index in [1.807, 2.05) is 0 Å². The van der Waals surface area contributed by atoms with Gasteiger partial charge in [-0.25, -0.2) is 9.78 Å². The Labute approximate surface area is 99.1 Å². The first-order valence-corrected chi connectivity index (χ1v) is 6.01. The predicted molar refractivity (Wildman–Crippen MR) is 65.3 cm³/mol. The Kier molecular flexibility index (Phi) is 4.70. The molecule has 5 nitrogen and oxygen atoms in total. The lowest BCUT2D eigenvalue weighted by atomic mass is 10.3. The number of hydrogen-bond donors (Lipinski definition) is 2. The van der Waals surface area contributed by atoms with E-state index in [9.17, 15) is 4.79 Å². The summed E-state index contributed by atoms with van der Waals surface area (Å²) >= 11 is 1.32. The van der Waals surface area contributed by atoms with Crippen LogP contribution in [-0.4, -0.2) is 47.1 Å². The number of carboxylic acid groups (broad SMARTS) is 1. The van der Waals surface area contributed by atoms with Gasteiger partial charge in [0.25, 0.3) is 0 Å². The van der Waals surface area contributed by atoms with Crippen molar-refractivity contribution in [3.05, 3.63) is 11.1 Å². The third kappa shape index (κ3) is 3.79. The van der Waals surface area contributed by atoms with Gasteiger partial charge in [-0.15, -0.1) is 11.3 Å². The molecule has 1 aromatic heterocycles. The van der Waals surface area contributed by atoms with Gasteiger partial charge in [0.15, 0.2) is 10.8 Å². The summed E-state index contributed by atoms with van der Waals surface area (Å²) in [6.45, 7) is 5.93. The minimum Gasteiger partial charge on any atom is -0.476 e. The number of thiazole rings is 1. The van der Waals surface area contributed by atoms with Gasteiger partial charge >= 0.3 is 5.97 Å². The van der Waals surface area contributed by atoms with E-state index in [4.69, 9.17) is 5.11 Å². The summed E-state index contributed by atoms with van der Waals surface area (Å²) < 4.78 is 0. The number of hydrogen-bond acceptors (Lipinski definition) is 5. The van der Waals surface area contributed by atoms with Crippen LogP contribution in [0.3, 0.4) is 0 Å². The second-order valence-corrected chi connectivity index (χ2v) is 4.70. The maximum Gasteiger partial charge on any atom is 0.355 e. The molecule has 6 heteroatoms. The molecule has 1 heterocycles. The largest absolute Gasteiger partial charge is 0.476 e. The number of likely N-dealkylation sites (N-methyl/N-ethyl adjacent to an activating group) is 1. The Morgan fingerprint density at radius 2 is 2.38 bits per heavy atom. The lowest BCUT2D eigenvalue weighted by molar-refractivity contribution is 0.0691. The molecule has 0 aliphatic carbocycles. The average Bonchev–Trinajstić information content (AvgIpc) is 2.66. The molecule has 90 valence electrons. The second kappa shape index (κ2) is 5.81. The number of aromatic carboxylic acids is 1. The van der Waals surface area contributed by atoms with Gasteiger partial charge < -0.3 is 15.3 Å². The first-order valence-electron chi connectivity index (χ1n) is 5.13. The van der Waals surface area contributed by atoms with Crippen molar-refractivity contribution in [3.8, 4) is 0 Å². The number of rotatable bonds is 6. The van der Waals surface area contributed by atoms with E-state index in [0.29, 0.717) is 11.2 Å². The number of nitrogens with zero attached hydrogens (tertiary/aromatic N) is 2. The second-order valence-electron chi connectivity index (χ2n) is 3.84. The molecule has 0 bridgehead atoms. The van der Waals surface area contributed by atoms with E-state index in [2.05, 4.69) is 36.1 Å². The zero-order valence-corrected chi connectivity index (χ0v) is 10.5. The molecule has 0 aliphatic heterocycles. The van der Waals surface area contributed by atoms with Crippen molar-refractivity contribution in [3.63, 3.8) is 0 Å². The van der Waals surface area contributed by atoms with Crippen molar-refractivity contribution in [1.82, 2.24) is 9.88 Å². The molecule has 16 heavy (non-hydrogen) atoms. The smallest absolute Gasteiger partial charge is 0.355 e. The zero-order valence-electron chi connectivity index (χ0n) is 9.73. The van der Waals surface area contributed by atoms with Crippen LogP contribution in [0, 0.1) is 0 Å². The molecule has 0 amide bonds. The molecule has 0 spiro atoms. The van der Waals surface area contributed by atoms with Crippen LogP contribution in [0.2, 0.25) is 0 Å². The van der Waals surface area contributed by atoms with Crippen molar-refractivity contribution in [2.75, 3.05) is 25.5 Å². The number of aromatic nitrogens is 1. The normalized spacial score (nSPS) is 11.1. The fraction of sp³-hybridized carbons (Fsp3) is 0.600. The molecule has 1 aromatic rings. The van der Waals surface area contributed by atoms with E-state index >= 15 is 0 Å². The first-order chi connectivity index (χ1) is 7.50. The highest BCUT2D eigenvalue weighted by Crippen LogP contribution is 2.14. The number of anilines is 1. The van der Waals surface area contributed by atoms with Crippen LogP contribution in [0.5, 0.6) is 0 Å². The first kappa shape index (κ1) is 12.9. The third-order valence-corrected chi connectivity index (χ3v) is 3.15. The Morgan fingerprint density at radius 1 is 1.69 bits per heavy atom. The van der Waals surface area contributed by atoms with E-state index in [1.165, 1.54) is 16.7 Å². The Bertz CT molecular complexity index is 352. The minimum atomic E-state index is -0.983. The number of nitrogens with one attached hydrogen (secondary N) is 1. The highest BCUT2D eigenvalue weighted by atomic mass is 32.1. The van der Waals surface area contributed by atoms with Gasteiger partial charge in [0.1, 0.15) is 0 Å². The highest BCUT2D eigenvalue weighted by Gasteiger charge is 2.08. The van der Waals surface area contributed by atoms with Crippen molar-refractivity contribution in [1.29, 1.82) is 0 Å². The summed E-state index contributed by atoms with van der Waals surface area (Å²) in [6, 6.07) is 0.507. The summed E-state index contributed by atoms with van der Waals surface area (Å²) in [6.07, 6.45) is 0. The van der Waals surface area contributed by atoms with Crippen LogP contribution < -0.4 is 5.32 Å². The molecular weight excluding hydrogens is 226 g/mol. The molecule has 0 saturated heterocycles. The number of carboxylic acids is 1. The van der Waals surface area contributed by atoms with Crippen LogP contribution in [0.1, 0.15) is 24.3 Å². The summed E-state index contributed by atoms with van der Waals surface area (Å²) in [5.74, 6) is -0.983. The van der Waals surface area contributed by atoms with Gasteiger partial charge in [0.05, 0.1) is 0 Å². The molecule has 0 saturated carbocycles. The zero-order chi connectivity index (χ0) is 12.1. The Balaban J connectivity index is 2.35. The van der Waals surface area contributed by atoms with E-state index < -0.39 is 5.97 Å². The quantitative estimate of drug-likeness (QED) is 0.794. The lowest BCUT2D eigenvalue weighted by Crippen LogP contribution is -2.31. The maximum absolute atomic E-state index is 10.6. The molecule has 0 radical (unpaired) electrons. The molecule has 0 unspecified atom stereocenters. The summed E-state index contributed by atoms with van der Waals surface area (Å²) in [5.41, 5.74) is 0.102. The molecule has 0 aliphatic rings. The Morgan fingerprint density at radius 3 is 2.88 bits per heavy atom. The Hall–Kier alpha value is -1.14. The molecule has 0 aromatic carbocycles. The van der Waals surface area contributed by atoms with Crippen LogP contribution in [-0.2, 0) is 0 Å². The average molecular weight is 243 g/mol. The topological polar surface area (TPSA) is 65.5 Å². The van der Waals surface area contributed by atoms with Gasteiger partial charge in [-0.3, -0.25) is 0 Å². The molecule has 1 rings (SSSR count). The molecule has 2 N–H and O–H groups in total. The van der Waals surface area contributed by atoms with Crippen LogP contribution in [0.4, 0.5) is 5.13 Å². The molecule has 0 atom stereocenters. The molecule has 0 fully saturated rings. The van der Waals surface area contributed by atoms with Gasteiger partial charge in [-0.2, -0.15) is 0 Å².